The van der Waals surface area contributed by atoms with Crippen molar-refractivity contribution in [2.75, 3.05) is 0 Å². The SMILES string of the molecule is CC(=O)C1CCCCC1=O.[H-].[Na+]. The number of Topliss-reactive ketones (excluding diaryl/α,β-unsaturated/α-hetero) is 2. The van der Waals surface area contributed by atoms with Crippen molar-refractivity contribution in [2.45, 2.75) is 32.6 Å². The Bertz CT molecular complexity index is 170. The van der Waals surface area contributed by atoms with Crippen molar-refractivity contribution in [3.8, 4) is 0 Å². The van der Waals surface area contributed by atoms with Gasteiger partial charge in [-0.1, -0.05) is 6.42 Å². The molecule has 0 N–H and O–H groups in total. The smallest absolute Gasteiger partial charge is 1.00 e. The summed E-state index contributed by atoms with van der Waals surface area (Å²) in [6, 6.07) is 0. The minimum atomic E-state index is -0.256. The van der Waals surface area contributed by atoms with E-state index >= 15 is 0 Å². The van der Waals surface area contributed by atoms with Crippen LogP contribution in [0.4, 0.5) is 0 Å². The number of carbonyl (C=O) groups is 2. The molecule has 1 fully saturated rings. The Hall–Kier alpha value is 0.340. The molecule has 1 rings (SSSR count). The average molecular weight is 164 g/mol. The summed E-state index contributed by atoms with van der Waals surface area (Å²) >= 11 is 0. The van der Waals surface area contributed by atoms with E-state index in [1.54, 1.807) is 0 Å². The van der Waals surface area contributed by atoms with Gasteiger partial charge in [-0.2, -0.15) is 0 Å². The predicted molar refractivity (Wildman–Crippen MR) is 38.8 cm³/mol. The first kappa shape index (κ1) is 11.3. The van der Waals surface area contributed by atoms with Crippen LogP contribution in [0.2, 0.25) is 0 Å². The van der Waals surface area contributed by atoms with Crippen LogP contribution in [0, 0.1) is 5.92 Å². The molecule has 58 valence electrons. The van der Waals surface area contributed by atoms with Gasteiger partial charge in [0.15, 0.2) is 0 Å². The molecule has 1 saturated carbocycles. The molecule has 2 nitrogen and oxygen atoms in total. The number of hydrogen-bond donors (Lipinski definition) is 0. The Morgan fingerprint density at radius 1 is 1.55 bits per heavy atom. The molecule has 0 aromatic carbocycles. The van der Waals surface area contributed by atoms with Crippen LogP contribution in [-0.4, -0.2) is 11.6 Å². The summed E-state index contributed by atoms with van der Waals surface area (Å²) in [4.78, 5) is 21.8. The van der Waals surface area contributed by atoms with Crippen molar-refractivity contribution < 1.29 is 40.6 Å². The Kier molecular flexibility index (Phi) is 5.23. The maximum Gasteiger partial charge on any atom is 1.00 e. The number of carbonyl (C=O) groups excluding carboxylic acids is 2. The van der Waals surface area contributed by atoms with E-state index < -0.39 is 0 Å². The predicted octanol–water partition coefficient (Wildman–Crippen LogP) is -1.55. The molecule has 0 aromatic rings. The van der Waals surface area contributed by atoms with E-state index in [1.165, 1.54) is 6.92 Å². The van der Waals surface area contributed by atoms with Gasteiger partial charge < -0.3 is 1.43 Å². The molecule has 0 radical (unpaired) electrons. The van der Waals surface area contributed by atoms with Gasteiger partial charge in [0.05, 0.1) is 5.92 Å². The van der Waals surface area contributed by atoms with Crippen molar-refractivity contribution in [1.29, 1.82) is 0 Å². The second kappa shape index (κ2) is 5.07. The zero-order valence-corrected chi connectivity index (χ0v) is 9.22. The summed E-state index contributed by atoms with van der Waals surface area (Å²) in [6.07, 6.45) is 3.41. The molecule has 1 atom stereocenters. The molecule has 0 bridgehead atoms. The van der Waals surface area contributed by atoms with Crippen LogP contribution in [0.15, 0.2) is 0 Å². The molecule has 0 heterocycles. The van der Waals surface area contributed by atoms with Gasteiger partial charge in [-0.05, 0) is 19.8 Å². The second-order valence-corrected chi connectivity index (χ2v) is 2.88. The van der Waals surface area contributed by atoms with Crippen LogP contribution in [0.5, 0.6) is 0 Å². The van der Waals surface area contributed by atoms with Crippen LogP contribution in [0.1, 0.15) is 34.0 Å². The van der Waals surface area contributed by atoms with Crippen molar-refractivity contribution in [3.05, 3.63) is 0 Å². The molecular weight excluding hydrogens is 151 g/mol. The van der Waals surface area contributed by atoms with E-state index in [1.807, 2.05) is 0 Å². The van der Waals surface area contributed by atoms with Crippen molar-refractivity contribution >= 4 is 11.6 Å². The molecule has 1 unspecified atom stereocenters. The van der Waals surface area contributed by atoms with Crippen LogP contribution in [0.25, 0.3) is 0 Å². The molecule has 0 aromatic heterocycles. The Morgan fingerprint density at radius 2 is 2.18 bits per heavy atom. The second-order valence-electron chi connectivity index (χ2n) is 2.88. The first-order chi connectivity index (χ1) is 4.72. The summed E-state index contributed by atoms with van der Waals surface area (Å²) < 4.78 is 0. The summed E-state index contributed by atoms with van der Waals surface area (Å²) in [5.74, 6) is -0.0581. The summed E-state index contributed by atoms with van der Waals surface area (Å²) in [7, 11) is 0. The standard InChI is InChI=1S/C8H12O2.Na.H/c1-6(9)7-4-2-3-5-8(7)10;;/h7H,2-5H2,1H3;;/q;+1;-1. The van der Waals surface area contributed by atoms with Crippen LogP contribution >= 0.6 is 0 Å². The fraction of sp³-hybridized carbons (Fsp3) is 0.750. The van der Waals surface area contributed by atoms with Gasteiger partial charge >= 0.3 is 29.6 Å². The van der Waals surface area contributed by atoms with Crippen molar-refractivity contribution in [3.63, 3.8) is 0 Å². The normalized spacial score (nSPS) is 24.1. The molecule has 0 saturated heterocycles. The minimum Gasteiger partial charge on any atom is -1.00 e. The number of ketones is 2. The topological polar surface area (TPSA) is 34.1 Å². The maximum absolute atomic E-state index is 11.0. The molecular formula is C8H13NaO2. The molecule has 0 amide bonds. The van der Waals surface area contributed by atoms with Gasteiger partial charge in [-0.25, -0.2) is 0 Å². The third-order valence-electron chi connectivity index (χ3n) is 2.05. The van der Waals surface area contributed by atoms with Gasteiger partial charge in [0.2, 0.25) is 0 Å². The molecule has 0 aliphatic heterocycles. The average Bonchev–Trinajstić information content (AvgIpc) is 1.88. The van der Waals surface area contributed by atoms with Crippen LogP contribution in [-0.2, 0) is 9.59 Å². The van der Waals surface area contributed by atoms with E-state index in [4.69, 9.17) is 0 Å². The van der Waals surface area contributed by atoms with Crippen molar-refractivity contribution in [1.82, 2.24) is 0 Å². The van der Waals surface area contributed by atoms with Gasteiger partial charge in [0, 0.05) is 6.42 Å². The number of rotatable bonds is 1. The quantitative estimate of drug-likeness (QED) is 0.347. The van der Waals surface area contributed by atoms with E-state index in [0.717, 1.165) is 19.3 Å². The maximum atomic E-state index is 11.0. The van der Waals surface area contributed by atoms with E-state index in [9.17, 15) is 9.59 Å². The fourth-order valence-corrected chi connectivity index (χ4v) is 1.41. The Balaban J connectivity index is 0. The van der Waals surface area contributed by atoms with Gasteiger partial charge in [0.1, 0.15) is 11.6 Å². The Morgan fingerprint density at radius 3 is 2.55 bits per heavy atom. The molecule has 0 spiro atoms. The van der Waals surface area contributed by atoms with Gasteiger partial charge in [0.25, 0.3) is 0 Å². The van der Waals surface area contributed by atoms with Crippen molar-refractivity contribution in [2.24, 2.45) is 5.92 Å². The van der Waals surface area contributed by atoms with Crippen LogP contribution < -0.4 is 29.6 Å². The Labute approximate surface area is 90.5 Å². The molecule has 1 aliphatic rings. The van der Waals surface area contributed by atoms with E-state index in [-0.39, 0.29) is 48.5 Å². The van der Waals surface area contributed by atoms with Crippen LogP contribution in [0.3, 0.4) is 0 Å². The molecule has 1 aliphatic carbocycles. The summed E-state index contributed by atoms with van der Waals surface area (Å²) in [5, 5.41) is 0. The number of hydrogen-bond acceptors (Lipinski definition) is 2. The van der Waals surface area contributed by atoms with E-state index in [2.05, 4.69) is 0 Å². The third-order valence-corrected chi connectivity index (χ3v) is 2.05. The fourth-order valence-electron chi connectivity index (χ4n) is 1.41. The van der Waals surface area contributed by atoms with E-state index in [0.29, 0.717) is 6.42 Å². The first-order valence-corrected chi connectivity index (χ1v) is 3.75. The van der Waals surface area contributed by atoms with Gasteiger partial charge in [-0.3, -0.25) is 9.59 Å². The monoisotopic (exact) mass is 164 g/mol. The zero-order chi connectivity index (χ0) is 7.56. The summed E-state index contributed by atoms with van der Waals surface area (Å²) in [5.41, 5.74) is 0. The molecule has 3 heteroatoms. The molecule has 11 heavy (non-hydrogen) atoms. The van der Waals surface area contributed by atoms with Gasteiger partial charge in [-0.15, -0.1) is 0 Å². The first-order valence-electron chi connectivity index (χ1n) is 3.75. The zero-order valence-electron chi connectivity index (χ0n) is 8.22. The minimum absolute atomic E-state index is 0. The third kappa shape index (κ3) is 3.06. The summed E-state index contributed by atoms with van der Waals surface area (Å²) in [6.45, 7) is 1.51. The largest absolute Gasteiger partial charge is 1.00 e.